The first-order valence-corrected chi connectivity index (χ1v) is 6.85. The highest BCUT2D eigenvalue weighted by Crippen LogP contribution is 2.11. The molecule has 0 radical (unpaired) electrons. The van der Waals surface area contributed by atoms with Gasteiger partial charge in [0.1, 0.15) is 5.60 Å². The lowest BCUT2D eigenvalue weighted by Crippen LogP contribution is -2.35. The third-order valence-corrected chi connectivity index (χ3v) is 2.80. The maximum Gasteiger partial charge on any atom is 0.407 e. The van der Waals surface area contributed by atoms with Crippen molar-refractivity contribution in [2.45, 2.75) is 51.9 Å². The minimum Gasteiger partial charge on any atom is -0.444 e. The van der Waals surface area contributed by atoms with Crippen LogP contribution in [0, 0.1) is 0 Å². The second-order valence-electron chi connectivity index (χ2n) is 5.73. The smallest absolute Gasteiger partial charge is 0.407 e. The Bertz CT molecular complexity index is 310. The minimum absolute atomic E-state index is 0.285. The zero-order valence-corrected chi connectivity index (χ0v) is 12.4. The molecule has 2 atom stereocenters. The Morgan fingerprint density at radius 1 is 1.37 bits per heavy atom. The fourth-order valence-electron chi connectivity index (χ4n) is 1.84. The first-order chi connectivity index (χ1) is 8.88. The number of nitrogens with one attached hydrogen (secondary N) is 2. The zero-order valence-electron chi connectivity index (χ0n) is 12.4. The van der Waals surface area contributed by atoms with Crippen LogP contribution in [0.3, 0.4) is 0 Å². The Morgan fingerprint density at radius 3 is 2.63 bits per heavy atom. The fourth-order valence-corrected chi connectivity index (χ4v) is 1.84. The summed E-state index contributed by atoms with van der Waals surface area (Å²) in [7, 11) is 0. The predicted octanol–water partition coefficient (Wildman–Crippen LogP) is 1.83. The van der Waals surface area contributed by atoms with E-state index in [-0.39, 0.29) is 12.2 Å². The van der Waals surface area contributed by atoms with Gasteiger partial charge in [-0.1, -0.05) is 12.2 Å². The molecular formula is C14H26N2O3. The first kappa shape index (κ1) is 16.0. The van der Waals surface area contributed by atoms with Crippen LogP contribution >= 0.6 is 0 Å². The monoisotopic (exact) mass is 270 g/mol. The summed E-state index contributed by atoms with van der Waals surface area (Å²) in [6.07, 6.45) is 4.88. The molecule has 5 heteroatoms. The van der Waals surface area contributed by atoms with E-state index in [1.807, 2.05) is 32.9 Å². The molecule has 0 aromatic carbocycles. The third kappa shape index (κ3) is 7.18. The molecule has 1 aliphatic heterocycles. The van der Waals surface area contributed by atoms with Crippen molar-refractivity contribution in [3.63, 3.8) is 0 Å². The normalized spacial score (nSPS) is 23.8. The topological polar surface area (TPSA) is 59.6 Å². The van der Waals surface area contributed by atoms with Gasteiger partial charge in [-0.25, -0.2) is 4.79 Å². The molecular weight excluding hydrogens is 244 g/mol. The molecule has 5 nitrogen and oxygen atoms in total. The number of ether oxygens (including phenoxy) is 2. The molecule has 110 valence electrons. The van der Waals surface area contributed by atoms with E-state index in [1.165, 1.54) is 0 Å². The van der Waals surface area contributed by atoms with Crippen LogP contribution in [0.25, 0.3) is 0 Å². The van der Waals surface area contributed by atoms with Crippen LogP contribution in [-0.4, -0.2) is 43.5 Å². The van der Waals surface area contributed by atoms with Crippen LogP contribution < -0.4 is 10.6 Å². The molecule has 19 heavy (non-hydrogen) atoms. The molecule has 2 N–H and O–H groups in total. The summed E-state index contributed by atoms with van der Waals surface area (Å²) in [5, 5.41) is 6.08. The van der Waals surface area contributed by atoms with Crippen molar-refractivity contribution in [1.29, 1.82) is 0 Å². The van der Waals surface area contributed by atoms with Crippen LogP contribution in [0.2, 0.25) is 0 Å². The summed E-state index contributed by atoms with van der Waals surface area (Å²) < 4.78 is 10.6. The van der Waals surface area contributed by atoms with E-state index in [4.69, 9.17) is 9.47 Å². The van der Waals surface area contributed by atoms with E-state index in [0.717, 1.165) is 19.6 Å². The molecule has 2 unspecified atom stereocenters. The molecule has 0 bridgehead atoms. The van der Waals surface area contributed by atoms with E-state index in [0.29, 0.717) is 12.6 Å². The van der Waals surface area contributed by atoms with Crippen LogP contribution in [0.15, 0.2) is 12.2 Å². The highest BCUT2D eigenvalue weighted by atomic mass is 16.6. The van der Waals surface area contributed by atoms with Gasteiger partial charge in [0.25, 0.3) is 0 Å². The predicted molar refractivity (Wildman–Crippen MR) is 75.2 cm³/mol. The van der Waals surface area contributed by atoms with Crippen molar-refractivity contribution in [2.24, 2.45) is 0 Å². The van der Waals surface area contributed by atoms with Crippen molar-refractivity contribution in [1.82, 2.24) is 10.6 Å². The third-order valence-electron chi connectivity index (χ3n) is 2.80. The summed E-state index contributed by atoms with van der Waals surface area (Å²) >= 11 is 0. The van der Waals surface area contributed by atoms with Gasteiger partial charge in [0.2, 0.25) is 0 Å². The summed E-state index contributed by atoms with van der Waals surface area (Å²) in [4.78, 5) is 11.3. The van der Waals surface area contributed by atoms with Gasteiger partial charge in [0.15, 0.2) is 0 Å². The maximum atomic E-state index is 11.3. The highest BCUT2D eigenvalue weighted by molar-refractivity contribution is 5.67. The van der Waals surface area contributed by atoms with E-state index >= 15 is 0 Å². The zero-order chi connectivity index (χ0) is 14.3. The Hall–Kier alpha value is -1.07. The number of carbonyl (C=O) groups excluding carboxylic acids is 1. The van der Waals surface area contributed by atoms with E-state index < -0.39 is 5.60 Å². The van der Waals surface area contributed by atoms with Crippen LogP contribution in [0.5, 0.6) is 0 Å². The van der Waals surface area contributed by atoms with E-state index in [9.17, 15) is 4.79 Å². The van der Waals surface area contributed by atoms with Gasteiger partial charge in [-0.05, 0) is 34.1 Å². The summed E-state index contributed by atoms with van der Waals surface area (Å²) in [5.41, 5.74) is -0.450. The summed E-state index contributed by atoms with van der Waals surface area (Å²) in [6.45, 7) is 9.72. The number of carbonyl (C=O) groups is 1. The Kier molecular flexibility index (Phi) is 6.31. The molecule has 1 amide bonds. The van der Waals surface area contributed by atoms with Gasteiger partial charge < -0.3 is 20.1 Å². The molecule has 0 aromatic rings. The average molecular weight is 270 g/mol. The average Bonchev–Trinajstić information content (AvgIpc) is 2.67. The number of hydrogen-bond donors (Lipinski definition) is 2. The van der Waals surface area contributed by atoms with Crippen molar-refractivity contribution in [2.75, 3.05) is 19.7 Å². The van der Waals surface area contributed by atoms with Crippen LogP contribution in [0.4, 0.5) is 4.79 Å². The lowest BCUT2D eigenvalue weighted by molar-refractivity contribution is 0.0534. The minimum atomic E-state index is -0.450. The van der Waals surface area contributed by atoms with Crippen LogP contribution in [-0.2, 0) is 9.47 Å². The van der Waals surface area contributed by atoms with Gasteiger partial charge in [-0.3, -0.25) is 0 Å². The number of rotatable bonds is 5. The second-order valence-corrected chi connectivity index (χ2v) is 5.73. The largest absolute Gasteiger partial charge is 0.444 e. The second kappa shape index (κ2) is 7.50. The molecule has 1 rings (SSSR count). The summed E-state index contributed by atoms with van der Waals surface area (Å²) in [6, 6.07) is 0.434. The van der Waals surface area contributed by atoms with Crippen molar-refractivity contribution in [3.05, 3.63) is 12.2 Å². The van der Waals surface area contributed by atoms with Gasteiger partial charge in [0, 0.05) is 25.7 Å². The molecule has 1 aliphatic rings. The lowest BCUT2D eigenvalue weighted by Gasteiger charge is -2.19. The van der Waals surface area contributed by atoms with Crippen molar-refractivity contribution < 1.29 is 14.3 Å². The van der Waals surface area contributed by atoms with Crippen molar-refractivity contribution >= 4 is 6.09 Å². The molecule has 0 aliphatic carbocycles. The van der Waals surface area contributed by atoms with E-state index in [1.54, 1.807) is 0 Å². The number of alkyl carbamates (subject to hydrolysis) is 1. The SMILES string of the molecule is CC1OCCC1NC/C=C/CNC(=O)OC(C)(C)C. The molecule has 0 spiro atoms. The van der Waals surface area contributed by atoms with Gasteiger partial charge in [-0.2, -0.15) is 0 Å². The highest BCUT2D eigenvalue weighted by Gasteiger charge is 2.22. The first-order valence-electron chi connectivity index (χ1n) is 6.85. The van der Waals surface area contributed by atoms with E-state index in [2.05, 4.69) is 17.6 Å². The number of amides is 1. The summed E-state index contributed by atoms with van der Waals surface area (Å²) in [5.74, 6) is 0. The fraction of sp³-hybridized carbons (Fsp3) is 0.786. The van der Waals surface area contributed by atoms with Crippen molar-refractivity contribution in [3.8, 4) is 0 Å². The Morgan fingerprint density at radius 2 is 2.05 bits per heavy atom. The molecule has 0 saturated carbocycles. The van der Waals surface area contributed by atoms with Gasteiger partial charge >= 0.3 is 6.09 Å². The Labute approximate surface area is 115 Å². The molecule has 1 fully saturated rings. The Balaban J connectivity index is 2.06. The molecule has 1 saturated heterocycles. The quantitative estimate of drug-likeness (QED) is 0.748. The van der Waals surface area contributed by atoms with Gasteiger partial charge in [-0.15, -0.1) is 0 Å². The molecule has 0 aromatic heterocycles. The maximum absolute atomic E-state index is 11.3. The lowest BCUT2D eigenvalue weighted by atomic mass is 10.1. The molecule has 1 heterocycles. The number of hydrogen-bond acceptors (Lipinski definition) is 4. The standard InChI is InChI=1S/C14H26N2O3/c1-11-12(7-10-18-11)15-8-5-6-9-16-13(17)19-14(2,3)4/h5-6,11-12,15H,7-10H2,1-4H3,(H,16,17)/b6-5+. The van der Waals surface area contributed by atoms with Gasteiger partial charge in [0.05, 0.1) is 6.10 Å². The van der Waals surface area contributed by atoms with Crippen LogP contribution in [0.1, 0.15) is 34.1 Å².